The lowest BCUT2D eigenvalue weighted by Gasteiger charge is -2.14. The van der Waals surface area contributed by atoms with Crippen molar-refractivity contribution in [2.75, 3.05) is 6.61 Å². The fourth-order valence-corrected chi connectivity index (χ4v) is 3.91. The van der Waals surface area contributed by atoms with E-state index in [0.29, 0.717) is 15.2 Å². The van der Waals surface area contributed by atoms with Crippen molar-refractivity contribution in [2.45, 2.75) is 24.9 Å². The number of aromatic amines is 1. The largest absolute Gasteiger partial charge is 0.394 e. The van der Waals surface area contributed by atoms with Gasteiger partial charge in [0, 0.05) is 12.6 Å². The summed E-state index contributed by atoms with van der Waals surface area (Å²) < 4.78 is 20.6. The van der Waals surface area contributed by atoms with E-state index in [2.05, 4.69) is 9.97 Å². The Morgan fingerprint density at radius 3 is 2.96 bits per heavy atom. The van der Waals surface area contributed by atoms with Gasteiger partial charge in [-0.2, -0.15) is 0 Å². The molecular formula is C16H14FN3O5S. The molecule has 0 amide bonds. The number of thiazole rings is 1. The van der Waals surface area contributed by atoms with Gasteiger partial charge in [0.05, 0.1) is 28.5 Å². The van der Waals surface area contributed by atoms with Crippen LogP contribution in [0.15, 0.2) is 34.0 Å². The van der Waals surface area contributed by atoms with Crippen molar-refractivity contribution >= 4 is 21.6 Å². The van der Waals surface area contributed by atoms with Gasteiger partial charge in [-0.05, 0) is 18.2 Å². The summed E-state index contributed by atoms with van der Waals surface area (Å²) in [5, 5.41) is 19.4. The van der Waals surface area contributed by atoms with E-state index in [1.165, 1.54) is 24.4 Å². The Morgan fingerprint density at radius 1 is 1.42 bits per heavy atom. The Balaban J connectivity index is 1.79. The molecule has 3 aromatic rings. The van der Waals surface area contributed by atoms with E-state index in [9.17, 15) is 24.2 Å². The zero-order chi connectivity index (χ0) is 18.4. The molecule has 4 rings (SSSR count). The highest BCUT2D eigenvalue weighted by Crippen LogP contribution is 2.31. The summed E-state index contributed by atoms with van der Waals surface area (Å²) in [7, 11) is 0. The molecule has 1 aliphatic rings. The summed E-state index contributed by atoms with van der Waals surface area (Å²) in [5.74, 6) is -0.407. The van der Waals surface area contributed by atoms with E-state index in [0.717, 1.165) is 15.9 Å². The van der Waals surface area contributed by atoms with Crippen molar-refractivity contribution in [3.8, 4) is 10.6 Å². The molecule has 0 saturated carbocycles. The van der Waals surface area contributed by atoms with Gasteiger partial charge in [-0.25, -0.2) is 14.2 Å². The highest BCUT2D eigenvalue weighted by atomic mass is 32.1. The molecule has 1 fully saturated rings. The molecule has 0 aliphatic carbocycles. The Labute approximate surface area is 149 Å². The number of halogens is 1. The number of aromatic nitrogens is 3. The molecule has 1 aliphatic heterocycles. The molecule has 0 bridgehead atoms. The van der Waals surface area contributed by atoms with Crippen LogP contribution in [0.5, 0.6) is 0 Å². The van der Waals surface area contributed by atoms with E-state index in [4.69, 9.17) is 4.74 Å². The van der Waals surface area contributed by atoms with E-state index >= 15 is 0 Å². The smallest absolute Gasteiger partial charge is 0.330 e. The SMILES string of the molecule is O=c1[nH]c(=O)n([C@H]2C[C@H](O)[C@@H](CO)O2)cc1-c1nc2ccc(F)cc2s1. The first-order chi connectivity index (χ1) is 12.5. The predicted octanol–water partition coefficient (Wildman–Crippen LogP) is 0.593. The molecule has 0 radical (unpaired) electrons. The Kier molecular flexibility index (Phi) is 4.19. The van der Waals surface area contributed by atoms with E-state index in [1.807, 2.05) is 0 Å². The number of hydrogen-bond acceptors (Lipinski definition) is 7. The van der Waals surface area contributed by atoms with Crippen LogP contribution in [0.25, 0.3) is 20.8 Å². The van der Waals surface area contributed by atoms with Crippen LogP contribution in [-0.2, 0) is 4.74 Å². The Bertz CT molecular complexity index is 1090. The molecular weight excluding hydrogens is 365 g/mol. The molecule has 136 valence electrons. The minimum Gasteiger partial charge on any atom is -0.394 e. The third-order valence-electron chi connectivity index (χ3n) is 4.24. The number of hydrogen-bond donors (Lipinski definition) is 3. The summed E-state index contributed by atoms with van der Waals surface area (Å²) in [5.41, 5.74) is -0.641. The molecule has 10 heteroatoms. The van der Waals surface area contributed by atoms with Gasteiger partial charge in [-0.15, -0.1) is 11.3 Å². The molecule has 8 nitrogen and oxygen atoms in total. The molecule has 3 atom stereocenters. The number of aliphatic hydroxyl groups is 2. The summed E-state index contributed by atoms with van der Waals surface area (Å²) in [6.45, 7) is -0.383. The van der Waals surface area contributed by atoms with Gasteiger partial charge in [-0.3, -0.25) is 14.3 Å². The van der Waals surface area contributed by atoms with Gasteiger partial charge in [-0.1, -0.05) is 0 Å². The molecule has 1 saturated heterocycles. The van der Waals surface area contributed by atoms with Crippen molar-refractivity contribution in [1.82, 2.24) is 14.5 Å². The summed E-state index contributed by atoms with van der Waals surface area (Å²) in [6, 6.07) is 4.11. The number of aliphatic hydroxyl groups excluding tert-OH is 2. The first-order valence-corrected chi connectivity index (χ1v) is 8.64. The van der Waals surface area contributed by atoms with Gasteiger partial charge < -0.3 is 14.9 Å². The maximum absolute atomic E-state index is 13.4. The zero-order valence-corrected chi connectivity index (χ0v) is 14.1. The van der Waals surface area contributed by atoms with Crippen molar-refractivity contribution in [1.29, 1.82) is 0 Å². The topological polar surface area (TPSA) is 117 Å². The highest BCUT2D eigenvalue weighted by Gasteiger charge is 2.35. The molecule has 1 aromatic carbocycles. The minimum absolute atomic E-state index is 0.0989. The van der Waals surface area contributed by atoms with Gasteiger partial charge in [0.1, 0.15) is 23.2 Å². The fourth-order valence-electron chi connectivity index (χ4n) is 2.92. The average molecular weight is 379 g/mol. The number of benzene rings is 1. The van der Waals surface area contributed by atoms with E-state index < -0.39 is 35.5 Å². The lowest BCUT2D eigenvalue weighted by Crippen LogP contribution is -2.33. The molecule has 2 aromatic heterocycles. The second kappa shape index (κ2) is 6.40. The van der Waals surface area contributed by atoms with Crippen LogP contribution >= 0.6 is 11.3 Å². The average Bonchev–Trinajstić information content (AvgIpc) is 3.17. The quantitative estimate of drug-likeness (QED) is 0.613. The van der Waals surface area contributed by atoms with Crippen LogP contribution in [-0.4, -0.2) is 43.6 Å². The van der Waals surface area contributed by atoms with Crippen molar-refractivity contribution in [2.24, 2.45) is 0 Å². The minimum atomic E-state index is -0.919. The van der Waals surface area contributed by atoms with Crippen molar-refractivity contribution in [3.05, 3.63) is 51.1 Å². The monoisotopic (exact) mass is 379 g/mol. The standard InChI is InChI=1S/C16H14FN3O5S/c17-7-1-2-9-12(3-7)26-15(18-9)8-5-20(16(24)19-14(8)23)13-4-10(22)11(6-21)25-13/h1-3,5,10-11,13,21-22H,4,6H2,(H,19,23,24)/t10-,11+,13+/m0/s1. The molecule has 0 unspecified atom stereocenters. The lowest BCUT2D eigenvalue weighted by molar-refractivity contribution is -0.0458. The van der Waals surface area contributed by atoms with Gasteiger partial charge in [0.25, 0.3) is 5.56 Å². The Hall–Kier alpha value is -2.40. The summed E-state index contributed by atoms with van der Waals surface area (Å²) >= 11 is 1.12. The fraction of sp³-hybridized carbons (Fsp3) is 0.312. The van der Waals surface area contributed by atoms with Crippen LogP contribution in [0.1, 0.15) is 12.6 Å². The second-order valence-corrected chi connectivity index (χ2v) is 6.99. The first kappa shape index (κ1) is 17.0. The van der Waals surface area contributed by atoms with Gasteiger partial charge >= 0.3 is 5.69 Å². The summed E-state index contributed by atoms with van der Waals surface area (Å²) in [6.07, 6.45) is -1.13. The Morgan fingerprint density at radius 2 is 2.23 bits per heavy atom. The third-order valence-corrected chi connectivity index (χ3v) is 5.29. The lowest BCUT2D eigenvalue weighted by atomic mass is 10.2. The number of ether oxygens (including phenoxy) is 1. The predicted molar refractivity (Wildman–Crippen MR) is 91.5 cm³/mol. The van der Waals surface area contributed by atoms with Gasteiger partial charge in [0.2, 0.25) is 0 Å². The molecule has 26 heavy (non-hydrogen) atoms. The van der Waals surface area contributed by atoms with Crippen molar-refractivity contribution in [3.63, 3.8) is 0 Å². The number of rotatable bonds is 3. The van der Waals surface area contributed by atoms with Crippen LogP contribution in [0.4, 0.5) is 4.39 Å². The number of H-pyrrole nitrogens is 1. The van der Waals surface area contributed by atoms with E-state index in [1.54, 1.807) is 0 Å². The maximum atomic E-state index is 13.4. The third kappa shape index (κ3) is 2.86. The molecule has 0 spiro atoms. The second-order valence-electron chi connectivity index (χ2n) is 5.96. The van der Waals surface area contributed by atoms with Crippen LogP contribution in [0.2, 0.25) is 0 Å². The maximum Gasteiger partial charge on any atom is 0.330 e. The molecule has 3 N–H and O–H groups in total. The van der Waals surface area contributed by atoms with Crippen LogP contribution in [0.3, 0.4) is 0 Å². The first-order valence-electron chi connectivity index (χ1n) is 7.82. The van der Waals surface area contributed by atoms with Crippen LogP contribution in [0, 0.1) is 5.82 Å². The number of nitrogens with one attached hydrogen (secondary N) is 1. The van der Waals surface area contributed by atoms with E-state index in [-0.39, 0.29) is 18.6 Å². The zero-order valence-electron chi connectivity index (χ0n) is 13.3. The summed E-state index contributed by atoms with van der Waals surface area (Å²) in [4.78, 5) is 30.9. The molecule has 3 heterocycles. The normalized spacial score (nSPS) is 23.0. The number of fused-ring (bicyclic) bond motifs is 1. The van der Waals surface area contributed by atoms with Crippen molar-refractivity contribution < 1.29 is 19.3 Å². The van der Waals surface area contributed by atoms with Gasteiger partial charge in [0.15, 0.2) is 0 Å². The number of nitrogens with zero attached hydrogens (tertiary/aromatic N) is 2. The van der Waals surface area contributed by atoms with Crippen LogP contribution < -0.4 is 11.2 Å². The highest BCUT2D eigenvalue weighted by molar-refractivity contribution is 7.21.